The van der Waals surface area contributed by atoms with Crippen LogP contribution >= 0.6 is 0 Å². The lowest BCUT2D eigenvalue weighted by atomic mass is 10.0. The minimum Gasteiger partial charge on any atom is -0.444 e. The minimum atomic E-state index is -0.651. The van der Waals surface area contributed by atoms with Crippen LogP contribution in [0.1, 0.15) is 64.2 Å². The van der Waals surface area contributed by atoms with E-state index in [1.54, 1.807) is 6.07 Å². The molecule has 0 radical (unpaired) electrons. The number of nitrogens with zero attached hydrogens (tertiary/aromatic N) is 7. The molecule has 45 heavy (non-hydrogen) atoms. The monoisotopic (exact) mass is 618 g/mol. The first-order valence-corrected chi connectivity index (χ1v) is 15.5. The summed E-state index contributed by atoms with van der Waals surface area (Å²) in [5, 5.41) is 3.10. The van der Waals surface area contributed by atoms with Crippen LogP contribution in [0.15, 0.2) is 30.5 Å². The van der Waals surface area contributed by atoms with Crippen molar-refractivity contribution in [3.63, 3.8) is 0 Å². The molecule has 0 aliphatic carbocycles. The van der Waals surface area contributed by atoms with Crippen LogP contribution in [0.4, 0.5) is 25.3 Å². The van der Waals surface area contributed by atoms with Gasteiger partial charge in [0.25, 0.3) is 0 Å². The number of anilines is 2. The highest BCUT2D eigenvalue weighted by atomic mass is 19.1. The Morgan fingerprint density at radius 2 is 1.91 bits per heavy atom. The number of carbonyl (C=O) groups is 1. The summed E-state index contributed by atoms with van der Waals surface area (Å²) in [6.07, 6.45) is 2.59. The quantitative estimate of drug-likeness (QED) is 0.265. The van der Waals surface area contributed by atoms with Crippen molar-refractivity contribution in [3.8, 4) is 11.3 Å². The molecule has 1 atom stereocenters. The number of benzene rings is 1. The van der Waals surface area contributed by atoms with Crippen molar-refractivity contribution in [1.29, 1.82) is 0 Å². The number of hydrogen-bond donors (Lipinski definition) is 1. The van der Waals surface area contributed by atoms with E-state index >= 15 is 4.39 Å². The first-order chi connectivity index (χ1) is 21.3. The van der Waals surface area contributed by atoms with Crippen LogP contribution in [0, 0.1) is 24.5 Å². The van der Waals surface area contributed by atoms with Gasteiger partial charge in [-0.3, -0.25) is 4.90 Å². The standard InChI is InChI=1S/C33H40F2N8O2/c1-19(2)43-20(3)37-30-24(34)13-23(14-27(30)43)29-25(35)15-36-31(40-29)39-28-8-7-22-18-41(11-10-26(22)38-28)16-21-9-12-42(17-21)32(44)45-33(4,5)6/h7-8,13-15,19,21H,9-12,16-18H2,1-6H3,(H,36,38,39,40)/t21-/m0/s1. The number of carbonyl (C=O) groups excluding carboxylic acids is 1. The largest absolute Gasteiger partial charge is 0.444 e. The zero-order valence-corrected chi connectivity index (χ0v) is 26.7. The molecule has 10 nitrogen and oxygen atoms in total. The Bertz CT molecular complexity index is 1750. The van der Waals surface area contributed by atoms with Gasteiger partial charge in [-0.25, -0.2) is 33.5 Å². The lowest BCUT2D eigenvalue weighted by Crippen LogP contribution is -2.38. The number of hydrogen-bond acceptors (Lipinski definition) is 8. The van der Waals surface area contributed by atoms with Crippen molar-refractivity contribution in [1.82, 2.24) is 34.3 Å². The SMILES string of the molecule is Cc1nc2c(F)cc(-c3nc(Nc4ccc5c(n4)CCN(C[C@@H]4CCN(C(=O)OC(C)(C)C)C4)C5)ncc3F)cc2n1C(C)C. The fraction of sp³-hybridized carbons (Fsp3) is 0.485. The first kappa shape index (κ1) is 30.8. The Morgan fingerprint density at radius 3 is 2.67 bits per heavy atom. The zero-order valence-electron chi connectivity index (χ0n) is 26.7. The van der Waals surface area contributed by atoms with E-state index in [0.717, 1.165) is 56.5 Å². The Hall–Kier alpha value is -4.19. The molecule has 0 spiro atoms. The van der Waals surface area contributed by atoms with Gasteiger partial charge in [0.2, 0.25) is 5.95 Å². The van der Waals surface area contributed by atoms with Gasteiger partial charge in [-0.05, 0) is 77.6 Å². The van der Waals surface area contributed by atoms with Crippen molar-refractivity contribution in [2.24, 2.45) is 5.92 Å². The van der Waals surface area contributed by atoms with Gasteiger partial charge in [0.05, 0.1) is 11.7 Å². The number of nitrogens with one attached hydrogen (secondary N) is 1. The van der Waals surface area contributed by atoms with E-state index in [1.165, 1.54) is 6.07 Å². The van der Waals surface area contributed by atoms with E-state index in [2.05, 4.69) is 25.2 Å². The number of likely N-dealkylation sites (tertiary alicyclic amines) is 1. The topological polar surface area (TPSA) is 101 Å². The summed E-state index contributed by atoms with van der Waals surface area (Å²) in [6, 6.07) is 6.94. The Kier molecular flexibility index (Phi) is 8.19. The van der Waals surface area contributed by atoms with Crippen LogP contribution < -0.4 is 5.32 Å². The predicted molar refractivity (Wildman–Crippen MR) is 168 cm³/mol. The first-order valence-electron chi connectivity index (χ1n) is 15.5. The molecule has 2 aliphatic rings. The molecule has 1 aromatic carbocycles. The fourth-order valence-electron chi connectivity index (χ4n) is 6.34. The molecule has 3 aromatic heterocycles. The van der Waals surface area contributed by atoms with E-state index in [4.69, 9.17) is 9.72 Å². The molecule has 4 aromatic rings. The van der Waals surface area contributed by atoms with E-state index in [1.807, 2.05) is 63.1 Å². The van der Waals surface area contributed by atoms with Gasteiger partial charge in [-0.15, -0.1) is 0 Å². The molecule has 12 heteroatoms. The number of pyridine rings is 1. The molecule has 238 valence electrons. The normalized spacial score (nSPS) is 17.3. The lowest BCUT2D eigenvalue weighted by Gasteiger charge is -2.30. The van der Waals surface area contributed by atoms with Crippen molar-refractivity contribution >= 4 is 28.9 Å². The highest BCUT2D eigenvalue weighted by Gasteiger charge is 2.31. The molecule has 0 unspecified atom stereocenters. The van der Waals surface area contributed by atoms with Crippen LogP contribution in [0.3, 0.4) is 0 Å². The third-order valence-electron chi connectivity index (χ3n) is 8.28. The number of aromatic nitrogens is 5. The van der Waals surface area contributed by atoms with Gasteiger partial charge >= 0.3 is 6.09 Å². The second kappa shape index (κ2) is 12.0. The van der Waals surface area contributed by atoms with Gasteiger partial charge < -0.3 is 19.5 Å². The summed E-state index contributed by atoms with van der Waals surface area (Å²) in [7, 11) is 0. The molecule has 1 saturated heterocycles. The molecular formula is C33H40F2N8O2. The second-order valence-corrected chi connectivity index (χ2v) is 13.3. The zero-order chi connectivity index (χ0) is 32.0. The molecule has 6 rings (SSSR count). The van der Waals surface area contributed by atoms with E-state index < -0.39 is 17.2 Å². The van der Waals surface area contributed by atoms with Crippen LogP contribution in [-0.2, 0) is 17.7 Å². The average molecular weight is 619 g/mol. The van der Waals surface area contributed by atoms with Gasteiger partial charge in [-0.2, -0.15) is 0 Å². The maximum absolute atomic E-state index is 15.1. The second-order valence-electron chi connectivity index (χ2n) is 13.3. The highest BCUT2D eigenvalue weighted by Crippen LogP contribution is 2.31. The van der Waals surface area contributed by atoms with E-state index in [-0.39, 0.29) is 29.3 Å². The molecular weight excluding hydrogens is 578 g/mol. The Balaban J connectivity index is 1.13. The Morgan fingerprint density at radius 1 is 1.11 bits per heavy atom. The molecule has 2 aliphatic heterocycles. The van der Waals surface area contributed by atoms with Crippen molar-refractivity contribution in [2.45, 2.75) is 72.6 Å². The van der Waals surface area contributed by atoms with Crippen molar-refractivity contribution in [2.75, 3.05) is 31.5 Å². The summed E-state index contributed by atoms with van der Waals surface area (Å²) >= 11 is 0. The molecule has 1 amide bonds. The number of aryl methyl sites for hydroxylation is 1. The van der Waals surface area contributed by atoms with E-state index in [9.17, 15) is 9.18 Å². The predicted octanol–water partition coefficient (Wildman–Crippen LogP) is 6.41. The van der Waals surface area contributed by atoms with Gasteiger partial charge in [0, 0.05) is 56.4 Å². The van der Waals surface area contributed by atoms with Crippen LogP contribution in [0.2, 0.25) is 0 Å². The van der Waals surface area contributed by atoms with Crippen molar-refractivity contribution in [3.05, 3.63) is 59.2 Å². The van der Waals surface area contributed by atoms with Gasteiger partial charge in [0.15, 0.2) is 11.6 Å². The fourth-order valence-corrected chi connectivity index (χ4v) is 6.34. The lowest BCUT2D eigenvalue weighted by molar-refractivity contribution is 0.0284. The number of halogens is 2. The van der Waals surface area contributed by atoms with Gasteiger partial charge in [0.1, 0.15) is 28.5 Å². The number of imidazole rings is 1. The molecule has 0 bridgehead atoms. The third kappa shape index (κ3) is 6.61. The molecule has 5 heterocycles. The summed E-state index contributed by atoms with van der Waals surface area (Å²) in [4.78, 5) is 34.4. The molecule has 1 N–H and O–H groups in total. The number of amides is 1. The summed E-state index contributed by atoms with van der Waals surface area (Å²) < 4.78 is 37.5. The maximum atomic E-state index is 15.1. The van der Waals surface area contributed by atoms with Crippen LogP contribution in [-0.4, -0.2) is 72.2 Å². The van der Waals surface area contributed by atoms with Gasteiger partial charge in [-0.1, -0.05) is 6.07 Å². The summed E-state index contributed by atoms with van der Waals surface area (Å²) in [5.74, 6) is 0.631. The van der Waals surface area contributed by atoms with Crippen LogP contribution in [0.5, 0.6) is 0 Å². The number of ether oxygens (including phenoxy) is 1. The van der Waals surface area contributed by atoms with Crippen LogP contribution in [0.25, 0.3) is 22.3 Å². The average Bonchev–Trinajstić information content (AvgIpc) is 3.57. The molecule has 0 saturated carbocycles. The highest BCUT2D eigenvalue weighted by molar-refractivity contribution is 5.83. The minimum absolute atomic E-state index is 0.00629. The third-order valence-corrected chi connectivity index (χ3v) is 8.28. The number of rotatable bonds is 6. The van der Waals surface area contributed by atoms with E-state index in [0.29, 0.717) is 35.2 Å². The molecule has 1 fully saturated rings. The maximum Gasteiger partial charge on any atom is 0.410 e. The van der Waals surface area contributed by atoms with Crippen molar-refractivity contribution < 1.29 is 18.3 Å². The Labute approximate surface area is 261 Å². The smallest absolute Gasteiger partial charge is 0.410 e. The summed E-state index contributed by atoms with van der Waals surface area (Å²) in [5.41, 5.74) is 2.78. The number of fused-ring (bicyclic) bond motifs is 2. The summed E-state index contributed by atoms with van der Waals surface area (Å²) in [6.45, 7) is 15.5.